The summed E-state index contributed by atoms with van der Waals surface area (Å²) in [5.41, 5.74) is 6.48. The molecule has 8 heteroatoms. The molecule has 4 N–H and O–H groups in total. The lowest BCUT2D eigenvalue weighted by Gasteiger charge is -2.22. The van der Waals surface area contributed by atoms with Gasteiger partial charge in [-0.05, 0) is 35.4 Å². The van der Waals surface area contributed by atoms with E-state index in [1.165, 1.54) is 49.4 Å². The van der Waals surface area contributed by atoms with Crippen LogP contribution in [0.3, 0.4) is 0 Å². The second kappa shape index (κ2) is 9.59. The van der Waals surface area contributed by atoms with E-state index in [0.29, 0.717) is 11.1 Å². The molecule has 2 aromatic carbocycles. The van der Waals surface area contributed by atoms with E-state index in [-0.39, 0.29) is 12.8 Å². The molecule has 0 unspecified atom stereocenters. The molecule has 0 heterocycles. The second-order valence-electron chi connectivity index (χ2n) is 6.38. The van der Waals surface area contributed by atoms with Crippen molar-refractivity contribution in [1.82, 2.24) is 10.6 Å². The highest BCUT2D eigenvalue weighted by molar-refractivity contribution is 5.91. The summed E-state index contributed by atoms with van der Waals surface area (Å²) >= 11 is 0. The molecule has 148 valence electrons. The van der Waals surface area contributed by atoms with E-state index in [9.17, 15) is 23.2 Å². The SMILES string of the molecule is CC(=O)N[C@@H](Cc1cccc(F)c1)C(=O)N[C@@H](Cc1ccc(F)cc1)C(N)=O. The Labute approximate surface area is 161 Å². The van der Waals surface area contributed by atoms with Gasteiger partial charge in [0.15, 0.2) is 0 Å². The molecule has 0 bridgehead atoms. The van der Waals surface area contributed by atoms with Crippen LogP contribution in [0.15, 0.2) is 48.5 Å². The molecule has 0 aliphatic rings. The molecule has 2 rings (SSSR count). The van der Waals surface area contributed by atoms with Crippen LogP contribution in [0, 0.1) is 11.6 Å². The standard InChI is InChI=1S/C20H21F2N3O3/c1-12(26)24-18(11-14-3-2-4-16(22)9-14)20(28)25-17(19(23)27)10-13-5-7-15(21)8-6-13/h2-9,17-18H,10-11H2,1H3,(H2,23,27)(H,24,26)(H,25,28)/t17-,18-/m0/s1. The van der Waals surface area contributed by atoms with E-state index < -0.39 is 41.4 Å². The van der Waals surface area contributed by atoms with Crippen LogP contribution < -0.4 is 16.4 Å². The van der Waals surface area contributed by atoms with Crippen molar-refractivity contribution in [1.29, 1.82) is 0 Å². The van der Waals surface area contributed by atoms with Gasteiger partial charge < -0.3 is 16.4 Å². The predicted octanol–water partition coefficient (Wildman–Crippen LogP) is 1.22. The maximum atomic E-state index is 13.4. The van der Waals surface area contributed by atoms with Crippen molar-refractivity contribution in [2.24, 2.45) is 5.73 Å². The number of nitrogens with one attached hydrogen (secondary N) is 2. The van der Waals surface area contributed by atoms with Crippen LogP contribution in [0.4, 0.5) is 8.78 Å². The molecular weight excluding hydrogens is 368 g/mol. The van der Waals surface area contributed by atoms with Gasteiger partial charge in [-0.3, -0.25) is 14.4 Å². The largest absolute Gasteiger partial charge is 0.368 e. The van der Waals surface area contributed by atoms with Crippen molar-refractivity contribution in [3.63, 3.8) is 0 Å². The number of amides is 3. The minimum atomic E-state index is -1.05. The zero-order valence-electron chi connectivity index (χ0n) is 15.2. The molecule has 0 aliphatic heterocycles. The number of nitrogens with two attached hydrogens (primary N) is 1. The highest BCUT2D eigenvalue weighted by Gasteiger charge is 2.25. The highest BCUT2D eigenvalue weighted by atomic mass is 19.1. The molecule has 2 aromatic rings. The van der Waals surface area contributed by atoms with Gasteiger partial charge in [-0.1, -0.05) is 24.3 Å². The van der Waals surface area contributed by atoms with Crippen molar-refractivity contribution in [3.05, 3.63) is 71.3 Å². The third-order valence-electron chi connectivity index (χ3n) is 4.04. The van der Waals surface area contributed by atoms with Crippen LogP contribution in [-0.4, -0.2) is 29.8 Å². The maximum absolute atomic E-state index is 13.4. The average Bonchev–Trinajstić information content (AvgIpc) is 2.62. The fourth-order valence-corrected chi connectivity index (χ4v) is 2.71. The number of carbonyl (C=O) groups excluding carboxylic acids is 3. The van der Waals surface area contributed by atoms with Crippen LogP contribution in [0.25, 0.3) is 0 Å². The van der Waals surface area contributed by atoms with Gasteiger partial charge >= 0.3 is 0 Å². The monoisotopic (exact) mass is 389 g/mol. The molecular formula is C20H21F2N3O3. The molecule has 2 atom stereocenters. The van der Waals surface area contributed by atoms with Crippen molar-refractivity contribution in [2.45, 2.75) is 31.8 Å². The van der Waals surface area contributed by atoms with Gasteiger partial charge in [0.2, 0.25) is 17.7 Å². The van der Waals surface area contributed by atoms with E-state index in [0.717, 1.165) is 0 Å². The molecule has 28 heavy (non-hydrogen) atoms. The van der Waals surface area contributed by atoms with E-state index in [1.807, 2.05) is 0 Å². The Morgan fingerprint density at radius 3 is 2.11 bits per heavy atom. The van der Waals surface area contributed by atoms with Gasteiger partial charge in [-0.25, -0.2) is 8.78 Å². The number of hydrogen-bond donors (Lipinski definition) is 3. The Kier molecular flexibility index (Phi) is 7.20. The summed E-state index contributed by atoms with van der Waals surface area (Å²) in [6, 6.07) is 9.00. The fraction of sp³-hybridized carbons (Fsp3) is 0.250. The molecule has 0 radical (unpaired) electrons. The summed E-state index contributed by atoms with van der Waals surface area (Å²) in [4.78, 5) is 35.9. The second-order valence-corrected chi connectivity index (χ2v) is 6.38. The van der Waals surface area contributed by atoms with Crippen molar-refractivity contribution in [2.75, 3.05) is 0 Å². The quantitative estimate of drug-likeness (QED) is 0.633. The summed E-state index contributed by atoms with van der Waals surface area (Å²) in [6.45, 7) is 1.25. The molecule has 3 amide bonds. The van der Waals surface area contributed by atoms with Crippen LogP contribution in [0.2, 0.25) is 0 Å². The third-order valence-corrected chi connectivity index (χ3v) is 4.04. The average molecular weight is 389 g/mol. The molecule has 0 aliphatic carbocycles. The lowest BCUT2D eigenvalue weighted by molar-refractivity contribution is -0.130. The Morgan fingerprint density at radius 2 is 1.54 bits per heavy atom. The smallest absolute Gasteiger partial charge is 0.243 e. The summed E-state index contributed by atoms with van der Waals surface area (Å²) < 4.78 is 26.4. The van der Waals surface area contributed by atoms with Gasteiger partial charge in [0.05, 0.1) is 0 Å². The molecule has 6 nitrogen and oxygen atoms in total. The number of halogens is 2. The lowest BCUT2D eigenvalue weighted by Crippen LogP contribution is -2.54. The van der Waals surface area contributed by atoms with E-state index in [1.54, 1.807) is 6.07 Å². The van der Waals surface area contributed by atoms with Gasteiger partial charge in [-0.2, -0.15) is 0 Å². The first kappa shape index (κ1) is 21.0. The highest BCUT2D eigenvalue weighted by Crippen LogP contribution is 2.09. The summed E-state index contributed by atoms with van der Waals surface area (Å²) in [5, 5.41) is 4.99. The number of primary amides is 1. The lowest BCUT2D eigenvalue weighted by atomic mass is 10.0. The third kappa shape index (κ3) is 6.46. The fourth-order valence-electron chi connectivity index (χ4n) is 2.71. The zero-order valence-corrected chi connectivity index (χ0v) is 15.2. The van der Waals surface area contributed by atoms with Crippen molar-refractivity contribution in [3.8, 4) is 0 Å². The van der Waals surface area contributed by atoms with Crippen molar-refractivity contribution < 1.29 is 23.2 Å². The van der Waals surface area contributed by atoms with E-state index >= 15 is 0 Å². The van der Waals surface area contributed by atoms with E-state index in [2.05, 4.69) is 10.6 Å². The Morgan fingerprint density at radius 1 is 0.893 bits per heavy atom. The van der Waals surface area contributed by atoms with E-state index in [4.69, 9.17) is 5.73 Å². The summed E-state index contributed by atoms with van der Waals surface area (Å²) in [5.74, 6) is -2.75. The van der Waals surface area contributed by atoms with Crippen LogP contribution >= 0.6 is 0 Å². The van der Waals surface area contributed by atoms with Crippen molar-refractivity contribution >= 4 is 17.7 Å². The molecule has 0 spiro atoms. The van der Waals surface area contributed by atoms with Gasteiger partial charge in [-0.15, -0.1) is 0 Å². The molecule has 0 saturated carbocycles. The first-order valence-corrected chi connectivity index (χ1v) is 8.60. The number of hydrogen-bond acceptors (Lipinski definition) is 3. The van der Waals surface area contributed by atoms with Crippen LogP contribution in [-0.2, 0) is 27.2 Å². The topological polar surface area (TPSA) is 101 Å². The minimum Gasteiger partial charge on any atom is -0.368 e. The Bertz CT molecular complexity index is 856. The normalized spacial score (nSPS) is 12.7. The zero-order chi connectivity index (χ0) is 20.7. The molecule has 0 fully saturated rings. The minimum absolute atomic E-state index is 0.0329. The summed E-state index contributed by atoms with van der Waals surface area (Å²) in [7, 11) is 0. The first-order valence-electron chi connectivity index (χ1n) is 8.60. The summed E-state index contributed by atoms with van der Waals surface area (Å²) in [6.07, 6.45) is 0.0965. The van der Waals surface area contributed by atoms with Gasteiger partial charge in [0.1, 0.15) is 23.7 Å². The predicted molar refractivity (Wildman–Crippen MR) is 98.9 cm³/mol. The van der Waals surface area contributed by atoms with Crippen LogP contribution in [0.5, 0.6) is 0 Å². The van der Waals surface area contributed by atoms with Crippen LogP contribution in [0.1, 0.15) is 18.1 Å². The van der Waals surface area contributed by atoms with Gasteiger partial charge in [0.25, 0.3) is 0 Å². The Balaban J connectivity index is 2.12. The number of rotatable bonds is 8. The Hall–Kier alpha value is -3.29. The number of carbonyl (C=O) groups is 3. The maximum Gasteiger partial charge on any atom is 0.243 e. The number of benzene rings is 2. The molecule has 0 saturated heterocycles. The first-order chi connectivity index (χ1) is 13.2. The molecule has 0 aromatic heterocycles. The van der Waals surface area contributed by atoms with Gasteiger partial charge in [0, 0.05) is 19.8 Å².